The molecular weight excluding hydrogens is 415 g/mol. The lowest BCUT2D eigenvalue weighted by Crippen LogP contribution is -2.46. The maximum Gasteiger partial charge on any atom is 0.176 e. The van der Waals surface area contributed by atoms with Crippen LogP contribution in [0.1, 0.15) is 37.1 Å². The number of Topliss-reactive ketones (excluding diaryl/α,β-unsaturated/α-hetero) is 1. The van der Waals surface area contributed by atoms with Crippen molar-refractivity contribution in [3.05, 3.63) is 77.0 Å². The van der Waals surface area contributed by atoms with E-state index >= 15 is 0 Å². The van der Waals surface area contributed by atoms with Gasteiger partial charge in [0.25, 0.3) is 0 Å². The van der Waals surface area contributed by atoms with Gasteiger partial charge in [-0.15, -0.1) is 0 Å². The molecule has 2 aliphatic carbocycles. The minimum atomic E-state index is -0.638. The Balaban J connectivity index is 1.84. The highest BCUT2D eigenvalue weighted by Crippen LogP contribution is 2.51. The number of carbonyl (C=O) groups is 1. The fourth-order valence-corrected chi connectivity index (χ4v) is 5.46. The minimum Gasteiger partial charge on any atom is -0.293 e. The summed E-state index contributed by atoms with van der Waals surface area (Å²) < 4.78 is 14.9. The Morgan fingerprint density at radius 3 is 2.73 bits per heavy atom. The summed E-state index contributed by atoms with van der Waals surface area (Å²) in [7, 11) is 0. The molecule has 0 saturated heterocycles. The fourth-order valence-electron chi connectivity index (χ4n) is 5.46. The number of hydrogen-bond donors (Lipinski definition) is 0. The lowest BCUT2D eigenvalue weighted by atomic mass is 9.57. The SMILES string of the molecule is Cc1cncc(-c2nc(-c3ccccc3F)c3c(n2)[C@]2(C)C=C(C#N)C(=O)C(C)C2CC3)c1. The molecule has 6 heteroatoms. The molecule has 2 unspecified atom stereocenters. The van der Waals surface area contributed by atoms with Crippen LogP contribution in [0, 0.1) is 35.9 Å². The largest absolute Gasteiger partial charge is 0.293 e. The Labute approximate surface area is 192 Å². The third kappa shape index (κ3) is 3.27. The fraction of sp³-hybridized carbons (Fsp3) is 0.296. The Morgan fingerprint density at radius 2 is 2.00 bits per heavy atom. The molecule has 0 saturated carbocycles. The van der Waals surface area contributed by atoms with Crippen molar-refractivity contribution in [3.63, 3.8) is 0 Å². The first-order valence-corrected chi connectivity index (χ1v) is 11.1. The second kappa shape index (κ2) is 7.70. The van der Waals surface area contributed by atoms with Gasteiger partial charge in [0.2, 0.25) is 0 Å². The molecular formula is C27H23FN4O. The summed E-state index contributed by atoms with van der Waals surface area (Å²) in [5.41, 5.74) is 3.85. The Bertz CT molecular complexity index is 1370. The first kappa shape index (κ1) is 21.1. The van der Waals surface area contributed by atoms with Crippen molar-refractivity contribution in [1.82, 2.24) is 15.0 Å². The maximum atomic E-state index is 14.9. The molecule has 5 rings (SSSR count). The maximum absolute atomic E-state index is 14.9. The van der Waals surface area contributed by atoms with Gasteiger partial charge in [-0.05, 0) is 49.4 Å². The number of aromatic nitrogens is 3. The zero-order valence-corrected chi connectivity index (χ0v) is 18.8. The van der Waals surface area contributed by atoms with Gasteiger partial charge in [-0.1, -0.05) is 32.1 Å². The van der Waals surface area contributed by atoms with Gasteiger partial charge < -0.3 is 0 Å². The molecule has 0 N–H and O–H groups in total. The number of benzene rings is 1. The van der Waals surface area contributed by atoms with E-state index in [1.807, 2.05) is 26.8 Å². The summed E-state index contributed by atoms with van der Waals surface area (Å²) >= 11 is 0. The molecule has 0 radical (unpaired) electrons. The molecule has 0 amide bonds. The van der Waals surface area contributed by atoms with Gasteiger partial charge in [0, 0.05) is 40.4 Å². The number of pyridine rings is 1. The van der Waals surface area contributed by atoms with Crippen LogP contribution < -0.4 is 0 Å². The van der Waals surface area contributed by atoms with E-state index in [0.717, 1.165) is 28.8 Å². The van der Waals surface area contributed by atoms with Gasteiger partial charge in [0.1, 0.15) is 11.9 Å². The van der Waals surface area contributed by atoms with Crippen molar-refractivity contribution in [2.45, 2.75) is 39.0 Å². The van der Waals surface area contributed by atoms with E-state index < -0.39 is 5.41 Å². The van der Waals surface area contributed by atoms with E-state index in [1.165, 1.54) is 6.07 Å². The van der Waals surface area contributed by atoms with Crippen molar-refractivity contribution in [2.75, 3.05) is 0 Å². The second-order valence-electron chi connectivity index (χ2n) is 9.20. The normalized spacial score (nSPS) is 23.8. The highest BCUT2D eigenvalue weighted by molar-refractivity contribution is 6.02. The Kier molecular flexibility index (Phi) is 4.93. The van der Waals surface area contributed by atoms with Crippen molar-refractivity contribution < 1.29 is 9.18 Å². The summed E-state index contributed by atoms with van der Waals surface area (Å²) in [5.74, 6) is -0.295. The number of carbonyl (C=O) groups excluding carboxylic acids is 1. The van der Waals surface area contributed by atoms with Crippen LogP contribution in [-0.4, -0.2) is 20.7 Å². The summed E-state index contributed by atoms with van der Waals surface area (Å²) in [4.78, 5) is 26.8. The summed E-state index contributed by atoms with van der Waals surface area (Å²) in [6.07, 6.45) is 6.61. The molecule has 0 aliphatic heterocycles. The molecule has 2 aliphatic rings. The molecule has 164 valence electrons. The number of nitrogens with zero attached hydrogens (tertiary/aromatic N) is 4. The molecule has 2 heterocycles. The van der Waals surface area contributed by atoms with Crippen molar-refractivity contribution in [1.29, 1.82) is 5.26 Å². The summed E-state index contributed by atoms with van der Waals surface area (Å²) in [6.45, 7) is 5.87. The van der Waals surface area contributed by atoms with Crippen molar-refractivity contribution >= 4 is 5.78 Å². The van der Waals surface area contributed by atoms with Crippen LogP contribution in [0.2, 0.25) is 0 Å². The van der Waals surface area contributed by atoms with Crippen LogP contribution in [0.5, 0.6) is 0 Å². The van der Waals surface area contributed by atoms with E-state index in [-0.39, 0.29) is 29.0 Å². The van der Waals surface area contributed by atoms with E-state index in [2.05, 4.69) is 11.1 Å². The standard InChI is InChI=1S/C27H23FN4O/c1-15-10-17(14-30-13-15)26-31-23(19-6-4-5-7-22(19)28)20-8-9-21-16(2)24(33)18(12-29)11-27(21,3)25(20)32-26/h4-7,10-11,13-14,16,21H,8-9H2,1-3H3/t16?,21?,27-/m1/s1. The highest BCUT2D eigenvalue weighted by Gasteiger charge is 2.49. The van der Waals surface area contributed by atoms with E-state index in [1.54, 1.807) is 36.7 Å². The molecule has 3 atom stereocenters. The van der Waals surface area contributed by atoms with Crippen LogP contribution in [0.25, 0.3) is 22.6 Å². The topological polar surface area (TPSA) is 79.5 Å². The number of halogens is 1. The van der Waals surface area contributed by atoms with Crippen LogP contribution in [-0.2, 0) is 16.6 Å². The van der Waals surface area contributed by atoms with Crippen LogP contribution in [0.15, 0.2) is 54.4 Å². The number of hydrogen-bond acceptors (Lipinski definition) is 5. The Morgan fingerprint density at radius 1 is 1.21 bits per heavy atom. The number of fused-ring (bicyclic) bond motifs is 3. The van der Waals surface area contributed by atoms with Crippen LogP contribution in [0.4, 0.5) is 4.39 Å². The number of nitriles is 1. The average molecular weight is 439 g/mol. The monoisotopic (exact) mass is 438 g/mol. The number of allylic oxidation sites excluding steroid dienone is 2. The molecule has 0 fully saturated rings. The summed E-state index contributed by atoms with van der Waals surface area (Å²) in [5, 5.41) is 9.63. The van der Waals surface area contributed by atoms with E-state index in [9.17, 15) is 14.4 Å². The molecule has 1 aromatic carbocycles. The molecule has 33 heavy (non-hydrogen) atoms. The molecule has 5 nitrogen and oxygen atoms in total. The van der Waals surface area contributed by atoms with Gasteiger partial charge >= 0.3 is 0 Å². The Hall–Kier alpha value is -3.72. The summed E-state index contributed by atoms with van der Waals surface area (Å²) in [6, 6.07) is 10.6. The van der Waals surface area contributed by atoms with Crippen LogP contribution in [0.3, 0.4) is 0 Å². The number of rotatable bonds is 2. The van der Waals surface area contributed by atoms with E-state index in [0.29, 0.717) is 23.5 Å². The minimum absolute atomic E-state index is 0.00135. The molecule has 2 aromatic heterocycles. The predicted molar refractivity (Wildman–Crippen MR) is 122 cm³/mol. The second-order valence-corrected chi connectivity index (χ2v) is 9.20. The lowest BCUT2D eigenvalue weighted by molar-refractivity contribution is -0.121. The van der Waals surface area contributed by atoms with Gasteiger partial charge in [-0.25, -0.2) is 14.4 Å². The third-order valence-corrected chi connectivity index (χ3v) is 7.10. The lowest BCUT2D eigenvalue weighted by Gasteiger charge is -2.45. The zero-order valence-electron chi connectivity index (χ0n) is 18.8. The zero-order chi connectivity index (χ0) is 23.3. The average Bonchev–Trinajstić information content (AvgIpc) is 2.81. The smallest absolute Gasteiger partial charge is 0.176 e. The molecule has 3 aromatic rings. The third-order valence-electron chi connectivity index (χ3n) is 7.10. The van der Waals surface area contributed by atoms with Gasteiger partial charge in [-0.2, -0.15) is 5.26 Å². The number of aryl methyl sites for hydroxylation is 1. The van der Waals surface area contributed by atoms with Crippen molar-refractivity contribution in [3.8, 4) is 28.7 Å². The van der Waals surface area contributed by atoms with E-state index in [4.69, 9.17) is 9.97 Å². The quantitative estimate of drug-likeness (QED) is 0.553. The molecule has 0 bridgehead atoms. The van der Waals surface area contributed by atoms with Gasteiger partial charge in [0.15, 0.2) is 11.6 Å². The first-order valence-electron chi connectivity index (χ1n) is 11.1. The van der Waals surface area contributed by atoms with Gasteiger partial charge in [0.05, 0.1) is 17.0 Å². The number of ketones is 1. The highest BCUT2D eigenvalue weighted by atomic mass is 19.1. The van der Waals surface area contributed by atoms with Crippen LogP contribution >= 0.6 is 0 Å². The van der Waals surface area contributed by atoms with Gasteiger partial charge in [-0.3, -0.25) is 9.78 Å². The first-order chi connectivity index (χ1) is 15.8. The molecule has 0 spiro atoms. The predicted octanol–water partition coefficient (Wildman–Crippen LogP) is 5.14. The van der Waals surface area contributed by atoms with Crippen molar-refractivity contribution in [2.24, 2.45) is 11.8 Å².